The van der Waals surface area contributed by atoms with Crippen LogP contribution in [0.4, 0.5) is 11.4 Å². The highest BCUT2D eigenvalue weighted by atomic mass is 35.5. The first-order valence-corrected chi connectivity index (χ1v) is 10.1. The largest absolute Gasteiger partial charge is 0.372 e. The fourth-order valence-corrected chi connectivity index (χ4v) is 3.50. The molecule has 2 N–H and O–H groups in total. The van der Waals surface area contributed by atoms with Gasteiger partial charge >= 0.3 is 11.8 Å². The molecule has 1 heterocycles. The third kappa shape index (κ3) is 5.49. The van der Waals surface area contributed by atoms with Gasteiger partial charge in [-0.05, 0) is 68.0 Å². The van der Waals surface area contributed by atoms with Gasteiger partial charge in [0.25, 0.3) is 0 Å². The summed E-state index contributed by atoms with van der Waals surface area (Å²) in [6.07, 6.45) is 4.17. The van der Waals surface area contributed by atoms with Crippen LogP contribution in [0.15, 0.2) is 42.5 Å². The molecule has 0 saturated carbocycles. The molecule has 28 heavy (non-hydrogen) atoms. The molecule has 1 saturated heterocycles. The highest BCUT2D eigenvalue weighted by Crippen LogP contribution is 2.21. The lowest BCUT2D eigenvalue weighted by molar-refractivity contribution is -0.136. The van der Waals surface area contributed by atoms with Crippen molar-refractivity contribution in [3.63, 3.8) is 0 Å². The number of anilines is 2. The van der Waals surface area contributed by atoms with Gasteiger partial charge in [-0.2, -0.15) is 0 Å². The fraction of sp³-hybridized carbons (Fsp3) is 0.364. The zero-order chi connectivity index (χ0) is 19.9. The van der Waals surface area contributed by atoms with Crippen molar-refractivity contribution >= 4 is 34.8 Å². The molecule has 0 bridgehead atoms. The molecule has 2 aromatic rings. The summed E-state index contributed by atoms with van der Waals surface area (Å²) in [6, 6.07) is 13.8. The Hall–Kier alpha value is -2.53. The van der Waals surface area contributed by atoms with Crippen LogP contribution in [0.25, 0.3) is 0 Å². The Morgan fingerprint density at radius 2 is 1.75 bits per heavy atom. The van der Waals surface area contributed by atoms with Gasteiger partial charge in [-0.25, -0.2) is 0 Å². The van der Waals surface area contributed by atoms with E-state index >= 15 is 0 Å². The molecule has 0 spiro atoms. The van der Waals surface area contributed by atoms with E-state index in [0.29, 0.717) is 17.3 Å². The first-order chi connectivity index (χ1) is 13.5. The molecule has 1 aliphatic heterocycles. The molecule has 3 rings (SSSR count). The quantitative estimate of drug-likeness (QED) is 0.571. The van der Waals surface area contributed by atoms with E-state index < -0.39 is 11.8 Å². The summed E-state index contributed by atoms with van der Waals surface area (Å²) in [5.74, 6) is -1.32. The van der Waals surface area contributed by atoms with Crippen molar-refractivity contribution < 1.29 is 9.59 Å². The van der Waals surface area contributed by atoms with Crippen molar-refractivity contribution in [2.45, 2.75) is 32.6 Å². The van der Waals surface area contributed by atoms with Gasteiger partial charge in [0.15, 0.2) is 0 Å². The maximum atomic E-state index is 12.0. The Labute approximate surface area is 171 Å². The number of hydrogen-bond donors (Lipinski definition) is 2. The van der Waals surface area contributed by atoms with Crippen LogP contribution >= 0.6 is 11.6 Å². The fourth-order valence-electron chi connectivity index (χ4n) is 3.33. The summed E-state index contributed by atoms with van der Waals surface area (Å²) in [7, 11) is 0. The molecule has 148 valence electrons. The first-order valence-electron chi connectivity index (χ1n) is 9.72. The van der Waals surface area contributed by atoms with Crippen LogP contribution in [0.2, 0.25) is 5.02 Å². The molecular formula is C22H26ClN3O2. The third-order valence-electron chi connectivity index (χ3n) is 4.99. The van der Waals surface area contributed by atoms with Crippen molar-refractivity contribution in [1.29, 1.82) is 0 Å². The Morgan fingerprint density at radius 3 is 2.46 bits per heavy atom. The lowest BCUT2D eigenvalue weighted by Gasteiger charge is -2.17. The third-order valence-corrected chi connectivity index (χ3v) is 5.22. The molecular weight excluding hydrogens is 374 g/mol. The van der Waals surface area contributed by atoms with Crippen LogP contribution in [0.3, 0.4) is 0 Å². The van der Waals surface area contributed by atoms with Gasteiger partial charge in [0.2, 0.25) is 0 Å². The van der Waals surface area contributed by atoms with E-state index in [1.54, 1.807) is 18.2 Å². The van der Waals surface area contributed by atoms with Gasteiger partial charge in [0.05, 0.1) is 0 Å². The van der Waals surface area contributed by atoms with Crippen LogP contribution in [-0.2, 0) is 16.0 Å². The SMILES string of the molecule is Cc1ccc(Cl)cc1NC(=O)C(=O)NCCCc1ccc(N2CCCC2)cc1. The minimum Gasteiger partial charge on any atom is -0.372 e. The molecule has 0 atom stereocenters. The molecule has 0 aromatic heterocycles. The van der Waals surface area contributed by atoms with Crippen LogP contribution in [0.1, 0.15) is 30.4 Å². The monoisotopic (exact) mass is 399 g/mol. The number of benzene rings is 2. The second-order valence-electron chi connectivity index (χ2n) is 7.13. The molecule has 2 amide bonds. The Balaban J connectivity index is 1.40. The lowest BCUT2D eigenvalue weighted by atomic mass is 10.1. The van der Waals surface area contributed by atoms with Gasteiger partial charge in [0, 0.05) is 36.0 Å². The van der Waals surface area contributed by atoms with Crippen LogP contribution in [0.5, 0.6) is 0 Å². The number of carbonyl (C=O) groups excluding carboxylic acids is 2. The topological polar surface area (TPSA) is 61.4 Å². The van der Waals surface area contributed by atoms with E-state index in [2.05, 4.69) is 39.8 Å². The molecule has 2 aromatic carbocycles. The van der Waals surface area contributed by atoms with Gasteiger partial charge in [0.1, 0.15) is 0 Å². The van der Waals surface area contributed by atoms with E-state index in [-0.39, 0.29) is 0 Å². The normalized spacial score (nSPS) is 13.4. The maximum Gasteiger partial charge on any atom is 0.313 e. The number of hydrogen-bond acceptors (Lipinski definition) is 3. The number of nitrogens with one attached hydrogen (secondary N) is 2. The van der Waals surface area contributed by atoms with E-state index in [1.807, 2.05) is 6.92 Å². The maximum absolute atomic E-state index is 12.0. The molecule has 6 heteroatoms. The summed E-state index contributed by atoms with van der Waals surface area (Å²) in [6.45, 7) is 4.58. The molecule has 1 aliphatic rings. The summed E-state index contributed by atoms with van der Waals surface area (Å²) < 4.78 is 0. The van der Waals surface area contributed by atoms with E-state index in [9.17, 15) is 9.59 Å². The predicted molar refractivity (Wildman–Crippen MR) is 114 cm³/mol. The first kappa shape index (κ1) is 20.2. The van der Waals surface area contributed by atoms with Gasteiger partial charge < -0.3 is 15.5 Å². The number of carbonyl (C=O) groups is 2. The average molecular weight is 400 g/mol. The van der Waals surface area contributed by atoms with Gasteiger partial charge in [-0.15, -0.1) is 0 Å². The van der Waals surface area contributed by atoms with Gasteiger partial charge in [-0.3, -0.25) is 9.59 Å². The van der Waals surface area contributed by atoms with Crippen LogP contribution < -0.4 is 15.5 Å². The second kappa shape index (κ2) is 9.60. The standard InChI is InChI=1S/C22H26ClN3O2/c1-16-6-9-18(23)15-20(16)25-22(28)21(27)24-12-4-5-17-7-10-19(11-8-17)26-13-2-3-14-26/h6-11,15H,2-5,12-14H2,1H3,(H,24,27)(H,25,28). The Morgan fingerprint density at radius 1 is 1.04 bits per heavy atom. The minimum atomic E-state index is -0.680. The van der Waals surface area contributed by atoms with Crippen molar-refractivity contribution in [3.8, 4) is 0 Å². The number of aryl methyl sites for hydroxylation is 2. The second-order valence-corrected chi connectivity index (χ2v) is 7.57. The molecule has 1 fully saturated rings. The van der Waals surface area contributed by atoms with E-state index in [0.717, 1.165) is 31.5 Å². The van der Waals surface area contributed by atoms with Crippen LogP contribution in [-0.4, -0.2) is 31.4 Å². The molecule has 5 nitrogen and oxygen atoms in total. The van der Waals surface area contributed by atoms with Crippen molar-refractivity contribution in [2.24, 2.45) is 0 Å². The lowest BCUT2D eigenvalue weighted by Crippen LogP contribution is -2.36. The van der Waals surface area contributed by atoms with Crippen molar-refractivity contribution in [3.05, 3.63) is 58.6 Å². The predicted octanol–water partition coefficient (Wildman–Crippen LogP) is 3.94. The number of amides is 2. The highest BCUT2D eigenvalue weighted by molar-refractivity contribution is 6.40. The Bertz CT molecular complexity index is 830. The summed E-state index contributed by atoms with van der Waals surface area (Å²) >= 11 is 5.93. The summed E-state index contributed by atoms with van der Waals surface area (Å²) in [5.41, 5.74) is 3.91. The summed E-state index contributed by atoms with van der Waals surface area (Å²) in [5, 5.41) is 5.78. The molecule has 0 aliphatic carbocycles. The highest BCUT2D eigenvalue weighted by Gasteiger charge is 2.14. The van der Waals surface area contributed by atoms with Crippen molar-refractivity contribution in [2.75, 3.05) is 29.9 Å². The number of halogens is 1. The zero-order valence-electron chi connectivity index (χ0n) is 16.1. The minimum absolute atomic E-state index is 0.453. The molecule has 0 unspecified atom stereocenters. The molecule has 0 radical (unpaired) electrons. The van der Waals surface area contributed by atoms with Crippen LogP contribution in [0, 0.1) is 6.92 Å². The Kier molecular flexibility index (Phi) is 6.93. The smallest absolute Gasteiger partial charge is 0.313 e. The van der Waals surface area contributed by atoms with Gasteiger partial charge in [-0.1, -0.05) is 29.8 Å². The summed E-state index contributed by atoms with van der Waals surface area (Å²) in [4.78, 5) is 26.4. The average Bonchev–Trinajstić information content (AvgIpc) is 3.23. The number of rotatable bonds is 6. The number of nitrogens with zero attached hydrogens (tertiary/aromatic N) is 1. The van der Waals surface area contributed by atoms with E-state index in [1.165, 1.54) is 24.1 Å². The zero-order valence-corrected chi connectivity index (χ0v) is 16.9. The van der Waals surface area contributed by atoms with Crippen molar-refractivity contribution in [1.82, 2.24) is 5.32 Å². The van der Waals surface area contributed by atoms with E-state index in [4.69, 9.17) is 11.6 Å².